The Bertz CT molecular complexity index is 830. The molecule has 4 atom stereocenters. The molecule has 0 aliphatic carbocycles. The van der Waals surface area contributed by atoms with E-state index in [4.69, 9.17) is 24.7 Å². The molecule has 4 rings (SSSR count). The molecule has 0 spiro atoms. The van der Waals surface area contributed by atoms with E-state index >= 15 is 0 Å². The Morgan fingerprint density at radius 2 is 2.04 bits per heavy atom. The van der Waals surface area contributed by atoms with Gasteiger partial charge in [-0.2, -0.15) is 0 Å². The second-order valence-corrected chi connectivity index (χ2v) is 6.89. The van der Waals surface area contributed by atoms with Gasteiger partial charge in [-0.15, -0.1) is 4.91 Å². The zero-order chi connectivity index (χ0) is 19.5. The van der Waals surface area contributed by atoms with Gasteiger partial charge in [-0.25, -0.2) is 4.79 Å². The summed E-state index contributed by atoms with van der Waals surface area (Å²) in [7, 11) is 4.63. The maximum Gasteiger partial charge on any atom is 0.404 e. The molecule has 0 saturated carbocycles. The molecule has 1 amide bonds. The maximum absolute atomic E-state index is 11.6. The smallest absolute Gasteiger partial charge is 0.404 e. The number of nitroso groups, excluding NO2 is 1. The summed E-state index contributed by atoms with van der Waals surface area (Å²) in [5.74, 6) is 0.420. The molecule has 27 heavy (non-hydrogen) atoms. The molecule has 0 radical (unpaired) electrons. The van der Waals surface area contributed by atoms with Crippen molar-refractivity contribution in [2.24, 2.45) is 10.9 Å². The number of benzene rings is 1. The number of anilines is 1. The predicted molar refractivity (Wildman–Crippen MR) is 95.8 cm³/mol. The molecule has 3 heterocycles. The lowest BCUT2D eigenvalue weighted by atomic mass is 9.88. The lowest BCUT2D eigenvalue weighted by Crippen LogP contribution is -2.54. The Balaban J connectivity index is 2.00. The SMILES string of the molecule is COc1c(N=O)c(C)c(OC)c2c1[C@H](COC(N)=O)[C@]1(OC)C3N[C@H]3CN21. The number of nitrogens with two attached hydrogens (primary N) is 1. The van der Waals surface area contributed by atoms with Crippen molar-refractivity contribution < 1.29 is 23.7 Å². The van der Waals surface area contributed by atoms with Crippen LogP contribution in [-0.2, 0) is 9.47 Å². The fourth-order valence-electron chi connectivity index (χ4n) is 4.84. The predicted octanol–water partition coefficient (Wildman–Crippen LogP) is 1.11. The molecule has 10 nitrogen and oxygen atoms in total. The second-order valence-electron chi connectivity index (χ2n) is 6.89. The van der Waals surface area contributed by atoms with Crippen molar-refractivity contribution in [2.45, 2.75) is 30.7 Å². The third-order valence-corrected chi connectivity index (χ3v) is 5.90. The number of hydrogen-bond acceptors (Lipinski definition) is 9. The minimum absolute atomic E-state index is 0.0293. The second kappa shape index (κ2) is 5.96. The van der Waals surface area contributed by atoms with Crippen molar-refractivity contribution in [3.63, 3.8) is 0 Å². The third kappa shape index (κ3) is 2.10. The van der Waals surface area contributed by atoms with E-state index in [9.17, 15) is 9.70 Å². The van der Waals surface area contributed by atoms with E-state index in [0.717, 1.165) is 5.69 Å². The summed E-state index contributed by atoms with van der Waals surface area (Å²) in [5, 5.41) is 6.56. The van der Waals surface area contributed by atoms with Crippen molar-refractivity contribution in [3.8, 4) is 11.5 Å². The summed E-state index contributed by atoms with van der Waals surface area (Å²) >= 11 is 0. The van der Waals surface area contributed by atoms with Crippen LogP contribution in [0, 0.1) is 11.8 Å². The number of nitrogens with zero attached hydrogens (tertiary/aromatic N) is 2. The Morgan fingerprint density at radius 3 is 2.59 bits per heavy atom. The van der Waals surface area contributed by atoms with Gasteiger partial charge in [-0.1, -0.05) is 0 Å². The van der Waals surface area contributed by atoms with Crippen LogP contribution >= 0.6 is 0 Å². The third-order valence-electron chi connectivity index (χ3n) is 5.90. The minimum atomic E-state index is -0.883. The van der Waals surface area contributed by atoms with E-state index in [0.29, 0.717) is 29.2 Å². The number of carbonyl (C=O) groups is 1. The van der Waals surface area contributed by atoms with Crippen LogP contribution in [0.5, 0.6) is 11.5 Å². The van der Waals surface area contributed by atoms with Gasteiger partial charge in [-0.05, 0) is 12.1 Å². The van der Waals surface area contributed by atoms with Gasteiger partial charge in [-0.3, -0.25) is 0 Å². The number of piperazine rings is 1. The van der Waals surface area contributed by atoms with Crippen molar-refractivity contribution >= 4 is 17.5 Å². The zero-order valence-electron chi connectivity index (χ0n) is 15.6. The minimum Gasteiger partial charge on any atom is -0.494 e. The molecule has 0 bridgehead atoms. The Morgan fingerprint density at radius 1 is 1.33 bits per heavy atom. The van der Waals surface area contributed by atoms with E-state index in [2.05, 4.69) is 15.4 Å². The summed E-state index contributed by atoms with van der Waals surface area (Å²) < 4.78 is 22.4. The highest BCUT2D eigenvalue weighted by molar-refractivity contribution is 5.85. The van der Waals surface area contributed by atoms with Gasteiger partial charge in [0.15, 0.2) is 17.2 Å². The van der Waals surface area contributed by atoms with Crippen molar-refractivity contribution in [1.82, 2.24) is 5.32 Å². The zero-order valence-corrected chi connectivity index (χ0v) is 15.6. The Hall–Kier alpha value is -2.59. The Labute approximate surface area is 155 Å². The van der Waals surface area contributed by atoms with Gasteiger partial charge in [0.2, 0.25) is 0 Å². The molecule has 3 aliphatic heterocycles. The molecule has 1 aromatic rings. The first-order valence-corrected chi connectivity index (χ1v) is 8.59. The average molecular weight is 378 g/mol. The number of amides is 1. The Kier molecular flexibility index (Phi) is 3.93. The highest BCUT2D eigenvalue weighted by Crippen LogP contribution is 2.64. The monoisotopic (exact) mass is 378 g/mol. The van der Waals surface area contributed by atoms with Gasteiger partial charge in [0, 0.05) is 30.8 Å². The number of nitrogens with one attached hydrogen (secondary N) is 1. The molecule has 0 aromatic heterocycles. The summed E-state index contributed by atoms with van der Waals surface area (Å²) in [6.45, 7) is 2.42. The van der Waals surface area contributed by atoms with Gasteiger partial charge >= 0.3 is 6.09 Å². The van der Waals surface area contributed by atoms with E-state index < -0.39 is 17.7 Å². The molecule has 2 saturated heterocycles. The number of hydrogen-bond donors (Lipinski definition) is 2. The van der Waals surface area contributed by atoms with Crippen LogP contribution in [0.2, 0.25) is 0 Å². The highest BCUT2D eigenvalue weighted by Gasteiger charge is 2.71. The van der Waals surface area contributed by atoms with Crippen LogP contribution < -0.4 is 25.4 Å². The number of primary amides is 1. The van der Waals surface area contributed by atoms with Crippen molar-refractivity contribution in [3.05, 3.63) is 16.0 Å². The largest absolute Gasteiger partial charge is 0.494 e. The standard InChI is InChI=1S/C17H22N4O6/c1-7-11(20-23)14(25-3)10-8(6-27-16(18)22)17(26-4)15-9(19-15)5-21(17)12(10)13(7)24-2/h8-9,15,19H,5-6H2,1-4H3,(H2,18,22)/t8-,9-,15?,17-/m0/s1. The fourth-order valence-corrected chi connectivity index (χ4v) is 4.84. The van der Waals surface area contributed by atoms with Crippen LogP contribution in [0.3, 0.4) is 0 Å². The number of fused-ring (bicyclic) bond motifs is 5. The van der Waals surface area contributed by atoms with Crippen molar-refractivity contribution in [2.75, 3.05) is 39.4 Å². The molecular formula is C17H22N4O6. The lowest BCUT2D eigenvalue weighted by molar-refractivity contribution is -0.0337. The number of carbonyl (C=O) groups excluding carboxylic acids is 1. The normalized spacial score (nSPS) is 29.6. The van der Waals surface area contributed by atoms with Crippen LogP contribution in [0.15, 0.2) is 5.18 Å². The lowest BCUT2D eigenvalue weighted by Gasteiger charge is -2.38. The molecule has 1 unspecified atom stereocenters. The van der Waals surface area contributed by atoms with Gasteiger partial charge in [0.05, 0.1) is 31.9 Å². The molecular weight excluding hydrogens is 356 g/mol. The summed E-state index contributed by atoms with van der Waals surface area (Å²) in [4.78, 5) is 25.0. The summed E-state index contributed by atoms with van der Waals surface area (Å²) in [6.07, 6.45) is -0.883. The molecule has 10 heteroatoms. The molecule has 1 aromatic carbocycles. The van der Waals surface area contributed by atoms with E-state index in [1.807, 2.05) is 0 Å². The van der Waals surface area contributed by atoms with Crippen LogP contribution in [0.4, 0.5) is 16.2 Å². The van der Waals surface area contributed by atoms with Crippen molar-refractivity contribution in [1.29, 1.82) is 0 Å². The quantitative estimate of drug-likeness (QED) is 0.555. The molecule has 3 N–H and O–H groups in total. The maximum atomic E-state index is 11.6. The van der Waals surface area contributed by atoms with Crippen LogP contribution in [-0.4, -0.2) is 58.4 Å². The molecule has 2 fully saturated rings. The van der Waals surface area contributed by atoms with Crippen LogP contribution in [0.1, 0.15) is 17.0 Å². The number of rotatable bonds is 6. The molecule has 146 valence electrons. The number of methoxy groups -OCH3 is 3. The highest BCUT2D eigenvalue weighted by atomic mass is 16.6. The molecule has 3 aliphatic rings. The van der Waals surface area contributed by atoms with E-state index in [1.165, 1.54) is 7.11 Å². The first-order chi connectivity index (χ1) is 13.0. The van der Waals surface area contributed by atoms with E-state index in [1.54, 1.807) is 21.1 Å². The van der Waals surface area contributed by atoms with Gasteiger partial charge in [0.25, 0.3) is 0 Å². The van der Waals surface area contributed by atoms with E-state index in [-0.39, 0.29) is 24.4 Å². The first kappa shape index (κ1) is 17.8. The van der Waals surface area contributed by atoms with Crippen LogP contribution in [0.25, 0.3) is 0 Å². The van der Waals surface area contributed by atoms with Gasteiger partial charge in [0.1, 0.15) is 12.4 Å². The summed E-state index contributed by atoms with van der Waals surface area (Å²) in [5.41, 5.74) is 6.58. The average Bonchev–Trinajstić information content (AvgIpc) is 3.27. The topological polar surface area (TPSA) is 135 Å². The summed E-state index contributed by atoms with van der Waals surface area (Å²) in [6, 6.07) is 0.299. The number of ether oxygens (including phenoxy) is 4. The van der Waals surface area contributed by atoms with Gasteiger partial charge < -0.3 is 34.9 Å². The fraction of sp³-hybridized carbons (Fsp3) is 0.588. The first-order valence-electron chi connectivity index (χ1n) is 8.59.